The highest BCUT2D eigenvalue weighted by atomic mass is 32.2. The third-order valence-corrected chi connectivity index (χ3v) is 5.29. The number of halogens is 1. The molecule has 0 aliphatic heterocycles. The summed E-state index contributed by atoms with van der Waals surface area (Å²) in [5, 5.41) is 11.3. The molecule has 0 amide bonds. The summed E-state index contributed by atoms with van der Waals surface area (Å²) in [5.74, 6) is -0.544. The van der Waals surface area contributed by atoms with Crippen LogP contribution in [0.15, 0.2) is 66.0 Å². The molecule has 0 saturated heterocycles. The van der Waals surface area contributed by atoms with Gasteiger partial charge in [0.15, 0.2) is 0 Å². The lowest BCUT2D eigenvalue weighted by molar-refractivity contribution is -0.840. The number of rotatable bonds is 5. The average Bonchev–Trinajstić information content (AvgIpc) is 2.99. The predicted octanol–water partition coefficient (Wildman–Crippen LogP) is 1.44. The van der Waals surface area contributed by atoms with Gasteiger partial charge in [-0.25, -0.2) is 16.8 Å². The van der Waals surface area contributed by atoms with Gasteiger partial charge < -0.3 is 10.3 Å². The van der Waals surface area contributed by atoms with Crippen molar-refractivity contribution in [2.75, 3.05) is 7.05 Å². The summed E-state index contributed by atoms with van der Waals surface area (Å²) >= 11 is 0. The van der Waals surface area contributed by atoms with E-state index >= 15 is 0 Å². The fraction of sp³-hybridized carbons (Fsp3) is 0.118. The van der Waals surface area contributed by atoms with E-state index in [4.69, 9.17) is 0 Å². The molecule has 8 heteroatoms. The van der Waals surface area contributed by atoms with E-state index < -0.39 is 15.8 Å². The number of hydrogen-bond acceptors (Lipinski definition) is 4. The maximum atomic E-state index is 14.2. The minimum Gasteiger partial charge on any atom is -0.634 e. The molecule has 0 fully saturated rings. The molecule has 1 unspecified atom stereocenters. The van der Waals surface area contributed by atoms with Crippen LogP contribution in [-0.4, -0.2) is 24.4 Å². The monoisotopic (exact) mass is 361 g/mol. The lowest BCUT2D eigenvalue weighted by Crippen LogP contribution is -3.02. The Bertz CT molecular complexity index is 985. The molecule has 3 aromatic rings. The third-order valence-electron chi connectivity index (χ3n) is 3.64. The standard InChI is InChI=1S/C17H16FN3O3S/c1-20(22)11-13-9-17(15-6-2-3-7-16(15)18)21(12-13)25(23,24)14-5-4-8-19-10-14/h2-10,12,20H,11H2,1H3. The first-order valence-electron chi connectivity index (χ1n) is 7.51. The number of hydrogen-bond donors (Lipinski definition) is 1. The average molecular weight is 361 g/mol. The second-order valence-corrected chi connectivity index (χ2v) is 7.40. The molecule has 1 aromatic carbocycles. The zero-order chi connectivity index (χ0) is 18.0. The number of hydroxylamine groups is 2. The van der Waals surface area contributed by atoms with Gasteiger partial charge in [0.2, 0.25) is 0 Å². The molecule has 0 radical (unpaired) electrons. The predicted molar refractivity (Wildman–Crippen MR) is 90.6 cm³/mol. The van der Waals surface area contributed by atoms with Crippen LogP contribution in [0.2, 0.25) is 0 Å². The van der Waals surface area contributed by atoms with Crippen molar-refractivity contribution in [1.82, 2.24) is 8.96 Å². The van der Waals surface area contributed by atoms with Crippen LogP contribution in [0.3, 0.4) is 0 Å². The number of quaternary nitrogens is 1. The molecule has 6 nitrogen and oxygen atoms in total. The topological polar surface area (TPSA) is 79.5 Å². The highest BCUT2D eigenvalue weighted by Gasteiger charge is 2.23. The van der Waals surface area contributed by atoms with Crippen LogP contribution in [0, 0.1) is 11.0 Å². The normalized spacial score (nSPS) is 12.9. The van der Waals surface area contributed by atoms with Gasteiger partial charge in [-0.3, -0.25) is 4.98 Å². The van der Waals surface area contributed by atoms with Gasteiger partial charge in [-0.05, 0) is 30.3 Å². The van der Waals surface area contributed by atoms with Crippen LogP contribution in [0.25, 0.3) is 11.3 Å². The molecule has 0 aliphatic rings. The van der Waals surface area contributed by atoms with Crippen LogP contribution in [-0.2, 0) is 16.6 Å². The summed E-state index contributed by atoms with van der Waals surface area (Å²) in [7, 11) is -2.56. The molecular weight excluding hydrogens is 345 g/mol. The molecule has 2 heterocycles. The van der Waals surface area contributed by atoms with Crippen molar-refractivity contribution in [3.63, 3.8) is 0 Å². The maximum Gasteiger partial charge on any atom is 0.269 e. The lowest BCUT2D eigenvalue weighted by atomic mass is 10.1. The molecule has 0 bridgehead atoms. The molecule has 25 heavy (non-hydrogen) atoms. The quantitative estimate of drug-likeness (QED) is 0.698. The highest BCUT2D eigenvalue weighted by molar-refractivity contribution is 7.90. The molecule has 1 atom stereocenters. The Morgan fingerprint density at radius 2 is 2.00 bits per heavy atom. The van der Waals surface area contributed by atoms with Gasteiger partial charge in [0, 0.05) is 29.7 Å². The van der Waals surface area contributed by atoms with Crippen LogP contribution < -0.4 is 5.06 Å². The van der Waals surface area contributed by atoms with Crippen molar-refractivity contribution in [1.29, 1.82) is 0 Å². The van der Waals surface area contributed by atoms with Crippen molar-refractivity contribution >= 4 is 10.0 Å². The summed E-state index contributed by atoms with van der Waals surface area (Å²) < 4.78 is 41.1. The Hall–Kier alpha value is -2.55. The van der Waals surface area contributed by atoms with E-state index in [2.05, 4.69) is 4.98 Å². The van der Waals surface area contributed by atoms with E-state index in [-0.39, 0.29) is 27.8 Å². The van der Waals surface area contributed by atoms with Gasteiger partial charge in [-0.15, -0.1) is 0 Å². The van der Waals surface area contributed by atoms with Gasteiger partial charge >= 0.3 is 0 Å². The number of nitrogens with zero attached hydrogens (tertiary/aromatic N) is 2. The van der Waals surface area contributed by atoms with E-state index in [9.17, 15) is 18.0 Å². The first kappa shape index (κ1) is 17.3. The Kier molecular flexibility index (Phi) is 4.67. The van der Waals surface area contributed by atoms with E-state index in [1.54, 1.807) is 6.07 Å². The van der Waals surface area contributed by atoms with E-state index in [0.717, 1.165) is 3.97 Å². The fourth-order valence-corrected chi connectivity index (χ4v) is 3.91. The fourth-order valence-electron chi connectivity index (χ4n) is 2.56. The number of benzene rings is 1. The lowest BCUT2D eigenvalue weighted by Gasteiger charge is -2.14. The Labute approximate surface area is 144 Å². The SMILES string of the molecule is C[NH+]([O-])Cc1cc(-c2ccccc2F)n(S(=O)(=O)c2cccnc2)c1. The first-order chi connectivity index (χ1) is 11.9. The maximum absolute atomic E-state index is 14.2. The second kappa shape index (κ2) is 6.75. The van der Waals surface area contributed by atoms with Crippen LogP contribution >= 0.6 is 0 Å². The summed E-state index contributed by atoms with van der Waals surface area (Å²) in [6.07, 6.45) is 4.05. The van der Waals surface area contributed by atoms with Crippen LogP contribution in [0.4, 0.5) is 4.39 Å². The summed E-state index contributed by atoms with van der Waals surface area (Å²) in [6.45, 7) is 0.0665. The van der Waals surface area contributed by atoms with Crippen molar-refractivity contribution in [2.45, 2.75) is 11.4 Å². The van der Waals surface area contributed by atoms with Gasteiger partial charge in [0.25, 0.3) is 10.0 Å². The van der Waals surface area contributed by atoms with Crippen LogP contribution in [0.1, 0.15) is 5.56 Å². The first-order valence-corrected chi connectivity index (χ1v) is 8.95. The Morgan fingerprint density at radius 3 is 2.64 bits per heavy atom. The van der Waals surface area contributed by atoms with Gasteiger partial charge in [0.1, 0.15) is 17.3 Å². The second-order valence-electron chi connectivity index (χ2n) is 5.58. The van der Waals surface area contributed by atoms with Crippen molar-refractivity contribution in [2.24, 2.45) is 0 Å². The zero-order valence-electron chi connectivity index (χ0n) is 13.4. The molecule has 3 rings (SSSR count). The molecule has 0 aliphatic carbocycles. The number of aromatic nitrogens is 2. The molecule has 0 saturated carbocycles. The summed E-state index contributed by atoms with van der Waals surface area (Å²) in [6, 6.07) is 10.3. The largest absolute Gasteiger partial charge is 0.634 e. The summed E-state index contributed by atoms with van der Waals surface area (Å²) in [4.78, 5) is 3.81. The summed E-state index contributed by atoms with van der Waals surface area (Å²) in [5.41, 5.74) is 0.807. The van der Waals surface area contributed by atoms with E-state index in [0.29, 0.717) is 5.56 Å². The van der Waals surface area contributed by atoms with Crippen molar-refractivity contribution in [3.8, 4) is 11.3 Å². The molecule has 1 N–H and O–H groups in total. The molecular formula is C17H16FN3O3S. The minimum atomic E-state index is -3.97. The third kappa shape index (κ3) is 3.46. The zero-order valence-corrected chi connectivity index (χ0v) is 14.2. The van der Waals surface area contributed by atoms with Crippen LogP contribution in [0.5, 0.6) is 0 Å². The van der Waals surface area contributed by atoms with Crippen molar-refractivity contribution < 1.29 is 17.9 Å². The number of pyridine rings is 1. The Balaban J connectivity index is 2.22. The smallest absolute Gasteiger partial charge is 0.269 e. The molecule has 2 aromatic heterocycles. The van der Waals surface area contributed by atoms with E-state index in [1.165, 1.54) is 62.0 Å². The molecule has 130 valence electrons. The molecule has 0 spiro atoms. The van der Waals surface area contributed by atoms with Crippen molar-refractivity contribution in [3.05, 3.63) is 77.6 Å². The minimum absolute atomic E-state index is 0.0161. The number of nitrogens with one attached hydrogen (secondary N) is 1. The van der Waals surface area contributed by atoms with Gasteiger partial charge in [-0.2, -0.15) is 0 Å². The van der Waals surface area contributed by atoms with Gasteiger partial charge in [0.05, 0.1) is 12.7 Å². The highest BCUT2D eigenvalue weighted by Crippen LogP contribution is 2.28. The van der Waals surface area contributed by atoms with E-state index in [1.807, 2.05) is 0 Å². The van der Waals surface area contributed by atoms with Gasteiger partial charge in [-0.1, -0.05) is 12.1 Å². The Morgan fingerprint density at radius 1 is 1.24 bits per heavy atom.